The second kappa shape index (κ2) is 7.01. The Balaban J connectivity index is 1.37. The SMILES string of the molecule is COc1cc(Cl)c(C)cc1NC(=O)COC(=O)C12CC3CC(CC(C3)C1)C2. The number of carbonyl (C=O) groups is 2. The van der Waals surface area contributed by atoms with Gasteiger partial charge in [0.1, 0.15) is 5.75 Å². The van der Waals surface area contributed by atoms with Crippen molar-refractivity contribution in [2.75, 3.05) is 19.0 Å². The van der Waals surface area contributed by atoms with Gasteiger partial charge < -0.3 is 14.8 Å². The molecule has 1 amide bonds. The van der Waals surface area contributed by atoms with Crippen molar-refractivity contribution in [2.45, 2.75) is 45.4 Å². The van der Waals surface area contributed by atoms with Crippen molar-refractivity contribution in [3.63, 3.8) is 0 Å². The van der Waals surface area contributed by atoms with Crippen LogP contribution >= 0.6 is 11.6 Å². The van der Waals surface area contributed by atoms with E-state index in [0.29, 0.717) is 34.2 Å². The summed E-state index contributed by atoms with van der Waals surface area (Å²) in [5.41, 5.74) is 1.01. The maximum absolute atomic E-state index is 12.8. The second-order valence-electron chi connectivity index (χ2n) is 8.62. The molecular formula is C21H26ClNO4. The monoisotopic (exact) mass is 391 g/mol. The fourth-order valence-corrected chi connectivity index (χ4v) is 5.91. The van der Waals surface area contributed by atoms with Gasteiger partial charge >= 0.3 is 5.97 Å². The Kier molecular flexibility index (Phi) is 4.83. The van der Waals surface area contributed by atoms with Gasteiger partial charge in [-0.2, -0.15) is 0 Å². The number of hydrogen-bond acceptors (Lipinski definition) is 4. The summed E-state index contributed by atoms with van der Waals surface area (Å²) >= 11 is 6.09. The second-order valence-corrected chi connectivity index (χ2v) is 9.03. The number of esters is 1. The number of rotatable bonds is 5. The van der Waals surface area contributed by atoms with Crippen molar-refractivity contribution in [1.29, 1.82) is 0 Å². The highest BCUT2D eigenvalue weighted by Crippen LogP contribution is 2.60. The molecule has 0 saturated heterocycles. The standard InChI is InChI=1S/C21H26ClNO4/c1-12-3-17(18(26-2)7-16(12)22)23-19(24)11-27-20(25)21-8-13-4-14(9-21)6-15(5-13)10-21/h3,7,13-15H,4-6,8-11H2,1-2H3,(H,23,24). The lowest BCUT2D eigenvalue weighted by Crippen LogP contribution is -2.50. The van der Waals surface area contributed by atoms with Gasteiger partial charge in [0.15, 0.2) is 6.61 Å². The van der Waals surface area contributed by atoms with E-state index in [4.69, 9.17) is 21.1 Å². The minimum Gasteiger partial charge on any atom is -0.495 e. The van der Waals surface area contributed by atoms with E-state index in [1.54, 1.807) is 12.1 Å². The zero-order chi connectivity index (χ0) is 19.2. The molecule has 0 spiro atoms. The Morgan fingerprint density at radius 1 is 1.15 bits per heavy atom. The molecule has 5 nitrogen and oxygen atoms in total. The molecule has 4 aliphatic carbocycles. The predicted molar refractivity (Wildman–Crippen MR) is 103 cm³/mol. The van der Waals surface area contributed by atoms with Crippen LogP contribution < -0.4 is 10.1 Å². The van der Waals surface area contributed by atoms with Gasteiger partial charge in [0.05, 0.1) is 18.2 Å². The third-order valence-electron chi connectivity index (χ3n) is 6.56. The Bertz CT molecular complexity index is 740. The number of carbonyl (C=O) groups excluding carboxylic acids is 2. The fourth-order valence-electron chi connectivity index (χ4n) is 5.76. The van der Waals surface area contributed by atoms with Gasteiger partial charge in [-0.05, 0) is 74.8 Å². The van der Waals surface area contributed by atoms with Crippen LogP contribution in [0.15, 0.2) is 12.1 Å². The van der Waals surface area contributed by atoms with Crippen LogP contribution in [0.4, 0.5) is 5.69 Å². The molecule has 5 rings (SSSR count). The molecule has 0 radical (unpaired) electrons. The molecule has 27 heavy (non-hydrogen) atoms. The van der Waals surface area contributed by atoms with E-state index in [9.17, 15) is 9.59 Å². The summed E-state index contributed by atoms with van der Waals surface area (Å²) in [4.78, 5) is 25.2. The summed E-state index contributed by atoms with van der Waals surface area (Å²) in [6, 6.07) is 3.41. The number of benzene rings is 1. The number of amides is 1. The molecule has 4 aliphatic rings. The van der Waals surface area contributed by atoms with Gasteiger partial charge in [0.25, 0.3) is 5.91 Å². The van der Waals surface area contributed by atoms with Crippen molar-refractivity contribution in [1.82, 2.24) is 0 Å². The van der Waals surface area contributed by atoms with Crippen LogP contribution in [0.5, 0.6) is 5.75 Å². The molecule has 4 fully saturated rings. The van der Waals surface area contributed by atoms with Crippen molar-refractivity contribution >= 4 is 29.2 Å². The molecule has 0 atom stereocenters. The Morgan fingerprint density at radius 2 is 1.74 bits per heavy atom. The van der Waals surface area contributed by atoms with E-state index in [1.807, 2.05) is 6.92 Å². The first kappa shape index (κ1) is 18.6. The van der Waals surface area contributed by atoms with Crippen LogP contribution in [0.1, 0.15) is 44.1 Å². The first-order chi connectivity index (χ1) is 12.9. The summed E-state index contributed by atoms with van der Waals surface area (Å²) in [5, 5.41) is 3.33. The van der Waals surface area contributed by atoms with Gasteiger partial charge in [0, 0.05) is 11.1 Å². The van der Waals surface area contributed by atoms with Gasteiger partial charge in [-0.3, -0.25) is 9.59 Å². The summed E-state index contributed by atoms with van der Waals surface area (Å²) in [6.07, 6.45) is 6.60. The first-order valence-electron chi connectivity index (χ1n) is 9.70. The zero-order valence-corrected chi connectivity index (χ0v) is 16.6. The summed E-state index contributed by atoms with van der Waals surface area (Å²) < 4.78 is 10.7. The zero-order valence-electron chi connectivity index (χ0n) is 15.8. The normalized spacial score (nSPS) is 30.9. The van der Waals surface area contributed by atoms with Crippen molar-refractivity contribution in [3.8, 4) is 5.75 Å². The predicted octanol–water partition coefficient (Wildman–Crippen LogP) is 4.36. The largest absolute Gasteiger partial charge is 0.495 e. The van der Waals surface area contributed by atoms with Crippen molar-refractivity contribution in [3.05, 3.63) is 22.7 Å². The van der Waals surface area contributed by atoms with Gasteiger partial charge in [-0.1, -0.05) is 11.6 Å². The molecule has 1 N–H and O–H groups in total. The van der Waals surface area contributed by atoms with Crippen molar-refractivity contribution < 1.29 is 19.1 Å². The third-order valence-corrected chi connectivity index (χ3v) is 6.97. The topological polar surface area (TPSA) is 64.6 Å². The van der Waals surface area contributed by atoms with Gasteiger partial charge in [-0.25, -0.2) is 0 Å². The van der Waals surface area contributed by atoms with Gasteiger partial charge in [0.2, 0.25) is 0 Å². The summed E-state index contributed by atoms with van der Waals surface area (Å²) in [6.45, 7) is 1.58. The lowest BCUT2D eigenvalue weighted by Gasteiger charge is -2.55. The average molecular weight is 392 g/mol. The summed E-state index contributed by atoms with van der Waals surface area (Å²) in [5.74, 6) is 1.92. The molecular weight excluding hydrogens is 366 g/mol. The number of halogens is 1. The Morgan fingerprint density at radius 3 is 2.30 bits per heavy atom. The lowest BCUT2D eigenvalue weighted by molar-refractivity contribution is -0.172. The average Bonchev–Trinajstić information content (AvgIpc) is 2.61. The van der Waals surface area contributed by atoms with E-state index in [2.05, 4.69) is 5.32 Å². The number of ether oxygens (including phenoxy) is 2. The first-order valence-corrected chi connectivity index (χ1v) is 10.1. The minimum absolute atomic E-state index is 0.184. The molecule has 0 unspecified atom stereocenters. The van der Waals surface area contributed by atoms with E-state index in [-0.39, 0.29) is 23.9 Å². The third kappa shape index (κ3) is 3.54. The van der Waals surface area contributed by atoms with E-state index < -0.39 is 0 Å². The van der Waals surface area contributed by atoms with Crippen LogP contribution in [0.3, 0.4) is 0 Å². The maximum atomic E-state index is 12.8. The molecule has 4 bridgehead atoms. The highest BCUT2D eigenvalue weighted by molar-refractivity contribution is 6.31. The quantitative estimate of drug-likeness (QED) is 0.757. The van der Waals surface area contributed by atoms with Gasteiger partial charge in [-0.15, -0.1) is 0 Å². The van der Waals surface area contributed by atoms with Crippen LogP contribution in [0.25, 0.3) is 0 Å². The molecule has 1 aromatic rings. The lowest BCUT2D eigenvalue weighted by atomic mass is 9.49. The number of anilines is 1. The van der Waals surface area contributed by atoms with Crippen LogP contribution in [0.2, 0.25) is 5.02 Å². The van der Waals surface area contributed by atoms with Crippen LogP contribution in [0, 0.1) is 30.1 Å². The number of aryl methyl sites for hydroxylation is 1. The molecule has 4 saturated carbocycles. The highest BCUT2D eigenvalue weighted by Gasteiger charge is 2.55. The number of nitrogens with one attached hydrogen (secondary N) is 1. The summed E-state index contributed by atoms with van der Waals surface area (Å²) in [7, 11) is 1.52. The van der Waals surface area contributed by atoms with Crippen LogP contribution in [-0.4, -0.2) is 25.6 Å². The highest BCUT2D eigenvalue weighted by atomic mass is 35.5. The minimum atomic E-state index is -0.367. The molecule has 146 valence electrons. The fraction of sp³-hybridized carbons (Fsp3) is 0.619. The molecule has 0 aliphatic heterocycles. The van der Waals surface area contributed by atoms with Crippen LogP contribution in [-0.2, 0) is 14.3 Å². The van der Waals surface area contributed by atoms with Crippen molar-refractivity contribution in [2.24, 2.45) is 23.2 Å². The Labute approximate surface area is 164 Å². The van der Waals surface area contributed by atoms with E-state index in [0.717, 1.165) is 24.8 Å². The Hall–Kier alpha value is -1.75. The molecule has 0 aromatic heterocycles. The maximum Gasteiger partial charge on any atom is 0.312 e. The smallest absolute Gasteiger partial charge is 0.312 e. The number of hydrogen-bond donors (Lipinski definition) is 1. The number of methoxy groups -OCH3 is 1. The molecule has 1 aromatic carbocycles. The molecule has 6 heteroatoms. The molecule has 0 heterocycles. The van der Waals surface area contributed by atoms with E-state index in [1.165, 1.54) is 26.4 Å². The van der Waals surface area contributed by atoms with E-state index >= 15 is 0 Å².